The SMILES string of the molecule is O=C1CN(C(=O)[C@H]2CCCO2)CCN1. The lowest BCUT2D eigenvalue weighted by Crippen LogP contribution is -2.52. The van der Waals surface area contributed by atoms with Crippen molar-refractivity contribution < 1.29 is 14.3 Å². The summed E-state index contributed by atoms with van der Waals surface area (Å²) in [7, 11) is 0. The van der Waals surface area contributed by atoms with Crippen molar-refractivity contribution in [2.45, 2.75) is 18.9 Å². The third-order valence-electron chi connectivity index (χ3n) is 2.56. The predicted octanol–water partition coefficient (Wildman–Crippen LogP) is -0.876. The van der Waals surface area contributed by atoms with Gasteiger partial charge in [0.05, 0.1) is 6.54 Å². The zero-order valence-electron chi connectivity index (χ0n) is 7.99. The number of rotatable bonds is 1. The molecule has 0 bridgehead atoms. The Morgan fingerprint density at radius 1 is 1.57 bits per heavy atom. The fourth-order valence-electron chi connectivity index (χ4n) is 1.80. The second-order valence-corrected chi connectivity index (χ2v) is 3.61. The zero-order valence-corrected chi connectivity index (χ0v) is 7.99. The van der Waals surface area contributed by atoms with Crippen LogP contribution in [0.4, 0.5) is 0 Å². The van der Waals surface area contributed by atoms with Gasteiger partial charge in [-0.1, -0.05) is 0 Å². The standard InChI is InChI=1S/C9H14N2O3/c12-8-6-11(4-3-10-8)9(13)7-2-1-5-14-7/h7H,1-6H2,(H,10,12)/t7-/m1/s1. The molecular weight excluding hydrogens is 184 g/mol. The number of ether oxygens (including phenoxy) is 1. The van der Waals surface area contributed by atoms with Gasteiger partial charge in [0.15, 0.2) is 0 Å². The van der Waals surface area contributed by atoms with E-state index in [-0.39, 0.29) is 24.5 Å². The summed E-state index contributed by atoms with van der Waals surface area (Å²) < 4.78 is 5.28. The largest absolute Gasteiger partial charge is 0.368 e. The van der Waals surface area contributed by atoms with Crippen LogP contribution in [0.5, 0.6) is 0 Å². The first-order valence-electron chi connectivity index (χ1n) is 4.94. The Labute approximate surface area is 82.4 Å². The second-order valence-electron chi connectivity index (χ2n) is 3.61. The van der Waals surface area contributed by atoms with Crippen LogP contribution in [-0.4, -0.2) is 49.1 Å². The molecule has 14 heavy (non-hydrogen) atoms. The first kappa shape index (κ1) is 9.45. The molecule has 2 aliphatic heterocycles. The number of nitrogens with zero attached hydrogens (tertiary/aromatic N) is 1. The highest BCUT2D eigenvalue weighted by Crippen LogP contribution is 2.14. The first-order valence-corrected chi connectivity index (χ1v) is 4.94. The Hall–Kier alpha value is -1.10. The molecule has 0 unspecified atom stereocenters. The minimum absolute atomic E-state index is 0.0302. The van der Waals surface area contributed by atoms with Crippen LogP contribution in [0, 0.1) is 0 Å². The van der Waals surface area contributed by atoms with Gasteiger partial charge in [-0.15, -0.1) is 0 Å². The molecule has 2 amide bonds. The van der Waals surface area contributed by atoms with Gasteiger partial charge in [0.25, 0.3) is 5.91 Å². The first-order chi connectivity index (χ1) is 6.77. The number of carbonyl (C=O) groups is 2. The van der Waals surface area contributed by atoms with E-state index in [0.29, 0.717) is 19.7 Å². The molecule has 2 fully saturated rings. The number of hydrogen-bond acceptors (Lipinski definition) is 3. The predicted molar refractivity (Wildman–Crippen MR) is 48.6 cm³/mol. The Kier molecular flexibility index (Phi) is 2.67. The van der Waals surface area contributed by atoms with Crippen LogP contribution in [-0.2, 0) is 14.3 Å². The zero-order chi connectivity index (χ0) is 9.97. The average Bonchev–Trinajstić information content (AvgIpc) is 2.69. The lowest BCUT2D eigenvalue weighted by Gasteiger charge is -2.28. The van der Waals surface area contributed by atoms with Crippen LogP contribution < -0.4 is 5.32 Å². The van der Waals surface area contributed by atoms with E-state index < -0.39 is 0 Å². The highest BCUT2D eigenvalue weighted by molar-refractivity contribution is 5.88. The molecule has 2 rings (SSSR count). The molecule has 0 aliphatic carbocycles. The van der Waals surface area contributed by atoms with Gasteiger partial charge < -0.3 is 15.0 Å². The van der Waals surface area contributed by atoms with Gasteiger partial charge in [-0.3, -0.25) is 9.59 Å². The summed E-state index contributed by atoms with van der Waals surface area (Å²) >= 11 is 0. The summed E-state index contributed by atoms with van der Waals surface area (Å²) in [6.07, 6.45) is 1.42. The Morgan fingerprint density at radius 2 is 2.43 bits per heavy atom. The van der Waals surface area contributed by atoms with Gasteiger partial charge >= 0.3 is 0 Å². The van der Waals surface area contributed by atoms with E-state index in [1.807, 2.05) is 0 Å². The van der Waals surface area contributed by atoms with Gasteiger partial charge in [0.1, 0.15) is 6.10 Å². The van der Waals surface area contributed by atoms with E-state index >= 15 is 0 Å². The number of nitrogens with one attached hydrogen (secondary N) is 1. The Morgan fingerprint density at radius 3 is 3.07 bits per heavy atom. The van der Waals surface area contributed by atoms with Crippen LogP contribution in [0.2, 0.25) is 0 Å². The molecule has 0 radical (unpaired) electrons. The summed E-state index contributed by atoms with van der Waals surface area (Å²) in [6.45, 7) is 2.00. The van der Waals surface area contributed by atoms with E-state index in [4.69, 9.17) is 4.74 Å². The van der Waals surface area contributed by atoms with Gasteiger partial charge in [0, 0.05) is 19.7 Å². The van der Waals surface area contributed by atoms with Crippen molar-refractivity contribution in [3.63, 3.8) is 0 Å². The molecule has 78 valence electrons. The number of amides is 2. The summed E-state index contributed by atoms with van der Waals surface area (Å²) in [5.41, 5.74) is 0. The fraction of sp³-hybridized carbons (Fsp3) is 0.778. The maximum absolute atomic E-state index is 11.8. The smallest absolute Gasteiger partial charge is 0.252 e. The normalized spacial score (nSPS) is 27.6. The second kappa shape index (κ2) is 3.96. The van der Waals surface area contributed by atoms with E-state index in [2.05, 4.69) is 5.32 Å². The van der Waals surface area contributed by atoms with Gasteiger partial charge in [-0.2, -0.15) is 0 Å². The average molecular weight is 198 g/mol. The van der Waals surface area contributed by atoms with Crippen LogP contribution in [0.25, 0.3) is 0 Å². The molecule has 0 aromatic rings. The van der Waals surface area contributed by atoms with E-state index in [1.165, 1.54) is 0 Å². The lowest BCUT2D eigenvalue weighted by atomic mass is 10.2. The fourth-order valence-corrected chi connectivity index (χ4v) is 1.80. The summed E-state index contributed by atoms with van der Waals surface area (Å²) in [4.78, 5) is 24.4. The number of hydrogen-bond donors (Lipinski definition) is 1. The monoisotopic (exact) mass is 198 g/mol. The molecular formula is C9H14N2O3. The maximum Gasteiger partial charge on any atom is 0.252 e. The van der Waals surface area contributed by atoms with Crippen LogP contribution in [0.1, 0.15) is 12.8 Å². The molecule has 2 heterocycles. The van der Waals surface area contributed by atoms with Crippen molar-refractivity contribution in [2.75, 3.05) is 26.2 Å². The molecule has 1 atom stereocenters. The topological polar surface area (TPSA) is 58.6 Å². The highest BCUT2D eigenvalue weighted by Gasteiger charge is 2.30. The Bertz CT molecular complexity index is 248. The number of carbonyl (C=O) groups excluding carboxylic acids is 2. The van der Waals surface area contributed by atoms with Crippen molar-refractivity contribution in [1.29, 1.82) is 0 Å². The quantitative estimate of drug-likeness (QED) is 0.595. The summed E-state index contributed by atoms with van der Waals surface area (Å²) in [5, 5.41) is 2.68. The number of piperazine rings is 1. The summed E-state index contributed by atoms with van der Waals surface area (Å²) in [5.74, 6) is -0.111. The molecule has 0 spiro atoms. The Balaban J connectivity index is 1.92. The molecule has 0 aromatic carbocycles. The third-order valence-corrected chi connectivity index (χ3v) is 2.56. The minimum atomic E-state index is -0.305. The third kappa shape index (κ3) is 1.87. The molecule has 0 aromatic heterocycles. The molecule has 2 saturated heterocycles. The lowest BCUT2D eigenvalue weighted by molar-refractivity contribution is -0.145. The van der Waals surface area contributed by atoms with Gasteiger partial charge in [-0.05, 0) is 12.8 Å². The van der Waals surface area contributed by atoms with Crippen LogP contribution >= 0.6 is 0 Å². The van der Waals surface area contributed by atoms with Crippen LogP contribution in [0.3, 0.4) is 0 Å². The van der Waals surface area contributed by atoms with Crippen molar-refractivity contribution in [3.05, 3.63) is 0 Å². The highest BCUT2D eigenvalue weighted by atomic mass is 16.5. The summed E-state index contributed by atoms with van der Waals surface area (Å²) in [6, 6.07) is 0. The van der Waals surface area contributed by atoms with Crippen molar-refractivity contribution in [1.82, 2.24) is 10.2 Å². The van der Waals surface area contributed by atoms with Crippen molar-refractivity contribution in [2.24, 2.45) is 0 Å². The van der Waals surface area contributed by atoms with E-state index in [9.17, 15) is 9.59 Å². The molecule has 0 saturated carbocycles. The van der Waals surface area contributed by atoms with E-state index in [1.54, 1.807) is 4.90 Å². The minimum Gasteiger partial charge on any atom is -0.368 e. The molecule has 2 aliphatic rings. The molecule has 5 heteroatoms. The molecule has 5 nitrogen and oxygen atoms in total. The van der Waals surface area contributed by atoms with Crippen molar-refractivity contribution in [3.8, 4) is 0 Å². The van der Waals surface area contributed by atoms with Crippen LogP contribution in [0.15, 0.2) is 0 Å². The maximum atomic E-state index is 11.8. The van der Waals surface area contributed by atoms with E-state index in [0.717, 1.165) is 12.8 Å². The van der Waals surface area contributed by atoms with Gasteiger partial charge in [0.2, 0.25) is 5.91 Å². The molecule has 1 N–H and O–H groups in total. The van der Waals surface area contributed by atoms with Crippen molar-refractivity contribution >= 4 is 11.8 Å². The van der Waals surface area contributed by atoms with Gasteiger partial charge in [-0.25, -0.2) is 0 Å².